The van der Waals surface area contributed by atoms with Crippen LogP contribution >= 0.6 is 0 Å². The zero-order chi connectivity index (χ0) is 93.7. The normalized spacial score (nSPS) is 11.7. The van der Waals surface area contributed by atoms with Crippen LogP contribution in [-0.4, -0.2) is 67.3 Å². The molecule has 0 saturated heterocycles. The molecule has 0 amide bonds. The molecule has 10 aromatic heterocycles. The molecule has 0 spiro atoms. The van der Waals surface area contributed by atoms with E-state index in [4.69, 9.17) is 39.9 Å². The van der Waals surface area contributed by atoms with E-state index in [2.05, 4.69) is 459 Å². The molecule has 0 aliphatic carbocycles. The lowest BCUT2D eigenvalue weighted by molar-refractivity contribution is 1.00. The van der Waals surface area contributed by atoms with Crippen molar-refractivity contribution in [2.24, 2.45) is 0 Å². The smallest absolute Gasteiger partial charge is 0.235 e. The number of rotatable bonds is 13. The lowest BCUT2D eigenvalue weighted by Crippen LogP contribution is -2.05. The van der Waals surface area contributed by atoms with Gasteiger partial charge in [-0.15, -0.1) is 0 Å². The first-order valence-corrected chi connectivity index (χ1v) is 47.8. The first kappa shape index (κ1) is 82.1. The summed E-state index contributed by atoms with van der Waals surface area (Å²) in [5.41, 5.74) is 29.0. The average molecular weight is 1820 g/mol. The highest BCUT2D eigenvalue weighted by atomic mass is 15.2. The zero-order valence-electron chi connectivity index (χ0n) is 76.6. The third-order valence-electron chi connectivity index (χ3n) is 27.5. The molecule has 0 unspecified atom stereocenters. The maximum Gasteiger partial charge on any atom is 0.235 e. The number of nitrogens with zero attached hydrogens (tertiary/aromatic N) is 14. The van der Waals surface area contributed by atoms with Gasteiger partial charge in [0.1, 0.15) is 5.69 Å². The predicted octanol–water partition coefficient (Wildman–Crippen LogP) is 31.6. The van der Waals surface area contributed by atoms with Crippen molar-refractivity contribution in [2.75, 3.05) is 0 Å². The van der Waals surface area contributed by atoms with Crippen molar-refractivity contribution in [3.63, 3.8) is 0 Å². The van der Waals surface area contributed by atoms with Crippen LogP contribution in [0.2, 0.25) is 0 Å². The van der Waals surface area contributed by atoms with E-state index in [-0.39, 0.29) is 0 Å². The summed E-state index contributed by atoms with van der Waals surface area (Å²) in [5.74, 6) is 2.43. The maximum absolute atomic E-state index is 5.46. The molecule has 0 saturated carbocycles. The third kappa shape index (κ3) is 13.9. The fraction of sp³-hybridized carbons (Fsp3) is 0. The fourth-order valence-corrected chi connectivity index (χ4v) is 21.2. The van der Waals surface area contributed by atoms with E-state index in [0.29, 0.717) is 29.4 Å². The van der Waals surface area contributed by atoms with E-state index >= 15 is 0 Å². The molecular weight excluding hydrogens is 1730 g/mol. The van der Waals surface area contributed by atoms with Gasteiger partial charge < -0.3 is 13.7 Å². The lowest BCUT2D eigenvalue weighted by atomic mass is 9.93. The van der Waals surface area contributed by atoms with Gasteiger partial charge in [0.15, 0.2) is 5.82 Å². The van der Waals surface area contributed by atoms with Crippen LogP contribution < -0.4 is 0 Å². The summed E-state index contributed by atoms with van der Waals surface area (Å²) in [7, 11) is 0. The summed E-state index contributed by atoms with van der Waals surface area (Å²) in [6, 6.07) is 167. The Morgan fingerprint density at radius 2 is 0.451 bits per heavy atom. The molecule has 14 heteroatoms. The number of hydrogen-bond acceptors (Lipinski definition) is 8. The molecule has 14 nitrogen and oxygen atoms in total. The Morgan fingerprint density at radius 1 is 0.169 bits per heavy atom. The maximum atomic E-state index is 5.46. The number of hydrogen-bond donors (Lipinski definition) is 0. The van der Waals surface area contributed by atoms with Crippen molar-refractivity contribution in [3.05, 3.63) is 498 Å². The zero-order valence-corrected chi connectivity index (χ0v) is 76.6. The van der Waals surface area contributed by atoms with E-state index in [1.54, 1.807) is 0 Å². The second kappa shape index (κ2) is 34.4. The largest absolute Gasteiger partial charge is 0.316 e. The van der Waals surface area contributed by atoms with Gasteiger partial charge in [0, 0.05) is 123 Å². The van der Waals surface area contributed by atoms with Crippen molar-refractivity contribution in [1.82, 2.24) is 67.3 Å². The highest BCUT2D eigenvalue weighted by molar-refractivity contribution is 6.24. The van der Waals surface area contributed by atoms with Crippen molar-refractivity contribution < 1.29 is 0 Å². The number of benzene rings is 19. The van der Waals surface area contributed by atoms with Crippen LogP contribution in [0.15, 0.2) is 498 Å². The molecule has 0 aliphatic rings. The lowest BCUT2D eigenvalue weighted by Gasteiger charge is -2.15. The average Bonchev–Trinajstić information content (AvgIpc) is 1.71. The second-order valence-corrected chi connectivity index (χ2v) is 35.7. The Kier molecular flexibility index (Phi) is 19.9. The van der Waals surface area contributed by atoms with Crippen LogP contribution in [0.3, 0.4) is 0 Å². The van der Waals surface area contributed by atoms with E-state index in [1.807, 2.05) is 66.7 Å². The number of aromatic nitrogens is 14. The van der Waals surface area contributed by atoms with Gasteiger partial charge in [-0.25, -0.2) is 39.9 Å². The molecule has 0 aliphatic heterocycles. The van der Waals surface area contributed by atoms with Crippen LogP contribution in [0, 0.1) is 0 Å². The summed E-state index contributed by atoms with van der Waals surface area (Å²) in [4.78, 5) is 42.2. The van der Waals surface area contributed by atoms with Gasteiger partial charge in [-0.3, -0.25) is 13.7 Å². The minimum atomic E-state index is 0.547. The molecule has 664 valence electrons. The Balaban J connectivity index is 0.000000107. The number of fused-ring (bicyclic) bond motifs is 19. The molecule has 142 heavy (non-hydrogen) atoms. The molecule has 0 N–H and O–H groups in total. The standard InChI is InChI=1S/C44H28N6.C44H28N4.C40H26N4/c1-4-14-29(15-5-1)36-28-37(30-16-6-2-7-17-30)46-43(45-36)41-33-20-10-12-22-35(33)47-44(48-41)50-38-23-13-11-21-34(38)40-39(50)25-24-31-26-27-49(42(31)40)32-18-8-3-9-19-32;1-3-13-29(14-4-1)32-24-25-35(34-18-8-7-17-33(32)34)42-36-19-9-11-21-38(36)45-44(46-42)48-39-22-12-10-20-37(39)41-40(48)26-23-30-27-28-47(43(30)41)31-15-5-2-6-16-31;1-3-13-27(14-4-1)30-17-7-8-18-31(30)38-32-19-9-11-21-34(32)41-40(42-38)44-35-22-12-10-20-33(35)37-36(44)24-23-28-25-26-43(39(28)37)29-15-5-2-6-16-29/h1-28H;1-28H;1-26H. The van der Waals surface area contributed by atoms with E-state index in [1.165, 1.54) is 70.6 Å². The van der Waals surface area contributed by atoms with Crippen molar-refractivity contribution in [1.29, 1.82) is 0 Å². The van der Waals surface area contributed by atoms with E-state index in [0.717, 1.165) is 155 Å². The summed E-state index contributed by atoms with van der Waals surface area (Å²) >= 11 is 0. The molecule has 19 aromatic carbocycles. The van der Waals surface area contributed by atoms with Crippen LogP contribution in [-0.2, 0) is 0 Å². The first-order valence-electron chi connectivity index (χ1n) is 47.8. The highest BCUT2D eigenvalue weighted by Crippen LogP contribution is 2.47. The summed E-state index contributed by atoms with van der Waals surface area (Å²) in [6.45, 7) is 0. The molecule has 29 aromatic rings. The Hall–Kier alpha value is -19.4. The summed E-state index contributed by atoms with van der Waals surface area (Å²) < 4.78 is 13.5. The third-order valence-corrected chi connectivity index (χ3v) is 27.5. The molecular formula is C128H82N14. The van der Waals surface area contributed by atoms with Gasteiger partial charge in [0.2, 0.25) is 17.8 Å². The van der Waals surface area contributed by atoms with Crippen LogP contribution in [0.5, 0.6) is 0 Å². The minimum absolute atomic E-state index is 0.547. The van der Waals surface area contributed by atoms with Crippen molar-refractivity contribution >= 4 is 142 Å². The minimum Gasteiger partial charge on any atom is -0.316 e. The van der Waals surface area contributed by atoms with Gasteiger partial charge in [-0.05, 0) is 148 Å². The molecule has 10 heterocycles. The summed E-state index contributed by atoms with van der Waals surface area (Å²) in [5, 5.41) is 15.9. The Bertz CT molecular complexity index is 9930. The van der Waals surface area contributed by atoms with E-state index in [9.17, 15) is 0 Å². The van der Waals surface area contributed by atoms with Crippen molar-refractivity contribution in [2.45, 2.75) is 0 Å². The van der Waals surface area contributed by atoms with Gasteiger partial charge >= 0.3 is 0 Å². The van der Waals surface area contributed by atoms with Crippen molar-refractivity contribution in [3.8, 4) is 114 Å². The van der Waals surface area contributed by atoms with Gasteiger partial charge in [0.05, 0.1) is 89.0 Å². The Morgan fingerprint density at radius 3 is 0.838 bits per heavy atom. The predicted molar refractivity (Wildman–Crippen MR) is 583 cm³/mol. The topological polar surface area (TPSA) is 133 Å². The molecule has 0 radical (unpaired) electrons. The second-order valence-electron chi connectivity index (χ2n) is 35.7. The quantitative estimate of drug-likeness (QED) is 0.111. The fourth-order valence-electron chi connectivity index (χ4n) is 21.2. The van der Waals surface area contributed by atoms with Gasteiger partial charge in [-0.1, -0.05) is 364 Å². The van der Waals surface area contributed by atoms with E-state index < -0.39 is 0 Å². The molecule has 0 atom stereocenters. The Labute approximate surface area is 814 Å². The molecule has 29 rings (SSSR count). The highest BCUT2D eigenvalue weighted by Gasteiger charge is 2.28. The van der Waals surface area contributed by atoms with Crippen LogP contribution in [0.25, 0.3) is 255 Å². The number of para-hydroxylation sites is 9. The summed E-state index contributed by atoms with van der Waals surface area (Å²) in [6.07, 6.45) is 6.48. The van der Waals surface area contributed by atoms with Crippen LogP contribution in [0.1, 0.15) is 0 Å². The van der Waals surface area contributed by atoms with Crippen LogP contribution in [0.4, 0.5) is 0 Å². The SMILES string of the molecule is c1ccc(-c2cc(-c3ccccc3)nc(-c3nc(-n4c5ccccc5c5c6c(ccc54)ccn6-c4ccccc4)nc4ccccc34)n2)cc1.c1ccc(-c2ccc(-c3nc(-n4c5ccccc5c5c6c(ccc54)ccn6-c4ccccc4)nc4ccccc34)c3ccccc23)cc1.c1ccc(-c2ccccc2-c2nc(-n3c4ccccc4c4c5c(ccc43)ccn5-c3ccccc3)nc3ccccc23)cc1. The first-order chi connectivity index (χ1) is 70.5. The van der Waals surface area contributed by atoms with Gasteiger partial charge in [-0.2, -0.15) is 0 Å². The van der Waals surface area contributed by atoms with Gasteiger partial charge in [0.25, 0.3) is 0 Å². The monoisotopic (exact) mass is 1810 g/mol. The molecule has 0 fully saturated rings. The molecule has 0 bridgehead atoms.